The van der Waals surface area contributed by atoms with Crippen molar-refractivity contribution in [2.75, 3.05) is 27.2 Å². The SMILES string of the molecule is CC(C)CCCCCCCOC(C)CCN(C)C. The molecule has 0 aliphatic heterocycles. The summed E-state index contributed by atoms with van der Waals surface area (Å²) in [5, 5.41) is 0. The molecule has 0 spiro atoms. The Morgan fingerprint density at radius 2 is 1.44 bits per heavy atom. The number of nitrogens with zero attached hydrogens (tertiary/aromatic N) is 1. The van der Waals surface area contributed by atoms with Crippen molar-refractivity contribution in [3.05, 3.63) is 0 Å². The molecule has 0 aromatic heterocycles. The zero-order valence-electron chi connectivity index (χ0n) is 13.4. The molecule has 0 saturated carbocycles. The molecule has 0 N–H and O–H groups in total. The quantitative estimate of drug-likeness (QED) is 0.482. The number of hydrogen-bond acceptors (Lipinski definition) is 2. The predicted octanol–water partition coefficient (Wildman–Crippen LogP) is 4.34. The lowest BCUT2D eigenvalue weighted by atomic mass is 10.0. The van der Waals surface area contributed by atoms with Crippen molar-refractivity contribution in [1.82, 2.24) is 4.90 Å². The summed E-state index contributed by atoms with van der Waals surface area (Å²) in [5.41, 5.74) is 0. The van der Waals surface area contributed by atoms with Crippen molar-refractivity contribution in [2.45, 2.75) is 71.8 Å². The third-order valence-electron chi connectivity index (χ3n) is 3.31. The second-order valence-electron chi connectivity index (χ2n) is 6.22. The number of hydrogen-bond donors (Lipinski definition) is 0. The lowest BCUT2D eigenvalue weighted by Gasteiger charge is -2.15. The largest absolute Gasteiger partial charge is 0.378 e. The molecule has 0 rings (SSSR count). The molecule has 110 valence electrons. The molecule has 0 fully saturated rings. The molecule has 1 unspecified atom stereocenters. The van der Waals surface area contributed by atoms with Gasteiger partial charge in [0.2, 0.25) is 0 Å². The molecule has 18 heavy (non-hydrogen) atoms. The monoisotopic (exact) mass is 257 g/mol. The first-order valence-corrected chi connectivity index (χ1v) is 7.78. The predicted molar refractivity (Wildman–Crippen MR) is 81.1 cm³/mol. The first-order chi connectivity index (χ1) is 8.52. The zero-order valence-corrected chi connectivity index (χ0v) is 13.4. The summed E-state index contributed by atoms with van der Waals surface area (Å²) in [5.74, 6) is 0.867. The Morgan fingerprint density at radius 3 is 2.06 bits per heavy atom. The van der Waals surface area contributed by atoms with Gasteiger partial charge in [0.15, 0.2) is 0 Å². The topological polar surface area (TPSA) is 12.5 Å². The highest BCUT2D eigenvalue weighted by Gasteiger charge is 2.02. The van der Waals surface area contributed by atoms with Crippen LogP contribution in [0.3, 0.4) is 0 Å². The number of rotatable bonds is 12. The minimum Gasteiger partial charge on any atom is -0.378 e. The van der Waals surface area contributed by atoms with Gasteiger partial charge in [-0.05, 0) is 46.3 Å². The smallest absolute Gasteiger partial charge is 0.0559 e. The van der Waals surface area contributed by atoms with Gasteiger partial charge in [0, 0.05) is 6.61 Å². The van der Waals surface area contributed by atoms with Gasteiger partial charge in [-0.25, -0.2) is 0 Å². The van der Waals surface area contributed by atoms with E-state index < -0.39 is 0 Å². The van der Waals surface area contributed by atoms with Crippen LogP contribution in [-0.2, 0) is 4.74 Å². The second kappa shape index (κ2) is 12.0. The average molecular weight is 257 g/mol. The maximum absolute atomic E-state index is 5.81. The molecule has 0 aliphatic rings. The highest BCUT2D eigenvalue weighted by molar-refractivity contribution is 4.54. The molecule has 0 heterocycles. The van der Waals surface area contributed by atoms with Crippen molar-refractivity contribution in [3.63, 3.8) is 0 Å². The third-order valence-corrected chi connectivity index (χ3v) is 3.31. The first-order valence-electron chi connectivity index (χ1n) is 7.78. The molecule has 0 aliphatic carbocycles. The Labute approximate surface area is 115 Å². The fourth-order valence-electron chi connectivity index (χ4n) is 1.99. The molecule has 0 aromatic carbocycles. The Bertz CT molecular complexity index is 168. The van der Waals surface area contributed by atoms with Gasteiger partial charge in [0.05, 0.1) is 6.10 Å². The summed E-state index contributed by atoms with van der Waals surface area (Å²) >= 11 is 0. The van der Waals surface area contributed by atoms with E-state index in [1.165, 1.54) is 38.5 Å². The van der Waals surface area contributed by atoms with E-state index in [1.54, 1.807) is 0 Å². The van der Waals surface area contributed by atoms with Crippen LogP contribution in [0.1, 0.15) is 65.7 Å². The molecule has 0 amide bonds. The van der Waals surface area contributed by atoms with E-state index in [0.717, 1.165) is 25.5 Å². The molecular formula is C16H35NO. The van der Waals surface area contributed by atoms with Gasteiger partial charge < -0.3 is 9.64 Å². The van der Waals surface area contributed by atoms with Crippen molar-refractivity contribution >= 4 is 0 Å². The summed E-state index contributed by atoms with van der Waals surface area (Å²) in [4.78, 5) is 2.22. The Hall–Kier alpha value is -0.0800. The van der Waals surface area contributed by atoms with Crippen LogP contribution in [0, 0.1) is 5.92 Å². The van der Waals surface area contributed by atoms with Crippen LogP contribution < -0.4 is 0 Å². The highest BCUT2D eigenvalue weighted by Crippen LogP contribution is 2.10. The molecule has 0 saturated heterocycles. The maximum Gasteiger partial charge on any atom is 0.0559 e. The van der Waals surface area contributed by atoms with Gasteiger partial charge in [-0.15, -0.1) is 0 Å². The van der Waals surface area contributed by atoms with Crippen LogP contribution in [-0.4, -0.2) is 38.3 Å². The maximum atomic E-state index is 5.81. The van der Waals surface area contributed by atoms with E-state index in [4.69, 9.17) is 4.74 Å². The average Bonchev–Trinajstić information content (AvgIpc) is 2.29. The van der Waals surface area contributed by atoms with Crippen LogP contribution in [0.5, 0.6) is 0 Å². The van der Waals surface area contributed by atoms with Crippen molar-refractivity contribution < 1.29 is 4.74 Å². The molecule has 1 atom stereocenters. The Kier molecular flexibility index (Phi) is 11.9. The van der Waals surface area contributed by atoms with Crippen LogP contribution in [0.25, 0.3) is 0 Å². The van der Waals surface area contributed by atoms with E-state index in [1.807, 2.05) is 0 Å². The van der Waals surface area contributed by atoms with E-state index in [9.17, 15) is 0 Å². The summed E-state index contributed by atoms with van der Waals surface area (Å²) in [6.07, 6.45) is 9.67. The van der Waals surface area contributed by atoms with E-state index in [-0.39, 0.29) is 0 Å². The van der Waals surface area contributed by atoms with Crippen molar-refractivity contribution in [3.8, 4) is 0 Å². The standard InChI is InChI=1S/C16H35NO/c1-15(2)11-9-7-6-8-10-14-18-16(3)12-13-17(4)5/h15-16H,6-14H2,1-5H3. The third kappa shape index (κ3) is 14.0. The Morgan fingerprint density at radius 1 is 0.833 bits per heavy atom. The van der Waals surface area contributed by atoms with E-state index in [0.29, 0.717) is 6.10 Å². The van der Waals surface area contributed by atoms with Gasteiger partial charge in [-0.3, -0.25) is 0 Å². The molecule has 2 nitrogen and oxygen atoms in total. The number of ether oxygens (including phenoxy) is 1. The molecule has 2 heteroatoms. The van der Waals surface area contributed by atoms with Crippen LogP contribution in [0.4, 0.5) is 0 Å². The fraction of sp³-hybridized carbons (Fsp3) is 1.00. The van der Waals surface area contributed by atoms with Gasteiger partial charge >= 0.3 is 0 Å². The normalized spacial score (nSPS) is 13.5. The minimum atomic E-state index is 0.411. The highest BCUT2D eigenvalue weighted by atomic mass is 16.5. The van der Waals surface area contributed by atoms with Gasteiger partial charge in [0.1, 0.15) is 0 Å². The van der Waals surface area contributed by atoms with Gasteiger partial charge in [-0.1, -0.05) is 46.0 Å². The van der Waals surface area contributed by atoms with Crippen LogP contribution in [0.2, 0.25) is 0 Å². The summed E-state index contributed by atoms with van der Waals surface area (Å²) < 4.78 is 5.81. The van der Waals surface area contributed by atoms with Crippen molar-refractivity contribution in [2.24, 2.45) is 5.92 Å². The van der Waals surface area contributed by atoms with E-state index >= 15 is 0 Å². The van der Waals surface area contributed by atoms with Gasteiger partial charge in [0.25, 0.3) is 0 Å². The molecule has 0 radical (unpaired) electrons. The zero-order chi connectivity index (χ0) is 13.8. The van der Waals surface area contributed by atoms with Crippen molar-refractivity contribution in [1.29, 1.82) is 0 Å². The van der Waals surface area contributed by atoms with E-state index in [2.05, 4.69) is 39.8 Å². The summed E-state index contributed by atoms with van der Waals surface area (Å²) in [7, 11) is 4.23. The number of unbranched alkanes of at least 4 members (excludes halogenated alkanes) is 4. The molecule has 0 aromatic rings. The Balaban J connectivity index is 3.15. The van der Waals surface area contributed by atoms with Gasteiger partial charge in [-0.2, -0.15) is 0 Å². The lowest BCUT2D eigenvalue weighted by Crippen LogP contribution is -2.19. The summed E-state index contributed by atoms with van der Waals surface area (Å²) in [6, 6.07) is 0. The summed E-state index contributed by atoms with van der Waals surface area (Å²) in [6.45, 7) is 8.87. The van der Waals surface area contributed by atoms with Crippen LogP contribution in [0.15, 0.2) is 0 Å². The first kappa shape index (κ1) is 17.9. The lowest BCUT2D eigenvalue weighted by molar-refractivity contribution is 0.0528. The second-order valence-corrected chi connectivity index (χ2v) is 6.22. The van der Waals surface area contributed by atoms with Crippen LogP contribution >= 0.6 is 0 Å². The fourth-order valence-corrected chi connectivity index (χ4v) is 1.99. The molecular weight excluding hydrogens is 222 g/mol. The molecule has 0 bridgehead atoms. The minimum absolute atomic E-state index is 0.411.